The third-order valence-corrected chi connectivity index (χ3v) is 4.76. The van der Waals surface area contributed by atoms with E-state index in [1.807, 2.05) is 38.1 Å². The lowest BCUT2D eigenvalue weighted by atomic mass is 10.2. The van der Waals surface area contributed by atoms with Crippen LogP contribution in [0.4, 0.5) is 0 Å². The maximum atomic E-state index is 5.86. The predicted molar refractivity (Wildman–Crippen MR) is 97.1 cm³/mol. The first-order chi connectivity index (χ1) is 13.1. The third-order valence-electron chi connectivity index (χ3n) is 4.76. The summed E-state index contributed by atoms with van der Waals surface area (Å²) in [5.41, 5.74) is 0.868. The second kappa shape index (κ2) is 7.48. The van der Waals surface area contributed by atoms with Gasteiger partial charge in [0, 0.05) is 11.5 Å². The largest absolute Gasteiger partial charge is 0.497 e. The lowest BCUT2D eigenvalue weighted by Gasteiger charge is -2.19. The van der Waals surface area contributed by atoms with Crippen LogP contribution in [0.3, 0.4) is 0 Å². The molecule has 3 heterocycles. The van der Waals surface area contributed by atoms with Gasteiger partial charge in [-0.25, -0.2) is 0 Å². The van der Waals surface area contributed by atoms with Gasteiger partial charge in [0.2, 0.25) is 17.7 Å². The molecule has 8 nitrogen and oxygen atoms in total. The number of ether oxygens (including phenoxy) is 1. The zero-order chi connectivity index (χ0) is 18.8. The Kier molecular flexibility index (Phi) is 4.89. The first-order valence-corrected chi connectivity index (χ1v) is 9.18. The Morgan fingerprint density at radius 1 is 1.22 bits per heavy atom. The number of rotatable bonds is 6. The standard InChI is InChI=1S/C19H23N5O3/c1-12(2)18-20-17(23-27-18)15-5-4-10-24(15)11-16-21-22-19(26-16)13-6-8-14(25-3)9-7-13/h6-9,12,15H,4-5,10-11H2,1-3H3. The minimum atomic E-state index is 0.123. The molecule has 0 saturated carbocycles. The second-order valence-corrected chi connectivity index (χ2v) is 7.00. The molecule has 0 spiro atoms. The highest BCUT2D eigenvalue weighted by Crippen LogP contribution is 2.32. The van der Waals surface area contributed by atoms with Gasteiger partial charge in [0.15, 0.2) is 5.82 Å². The molecule has 0 aliphatic carbocycles. The fourth-order valence-electron chi connectivity index (χ4n) is 3.27. The van der Waals surface area contributed by atoms with Crippen molar-refractivity contribution in [2.75, 3.05) is 13.7 Å². The Bertz CT molecular complexity index is 887. The predicted octanol–water partition coefficient (Wildman–Crippen LogP) is 3.59. The van der Waals surface area contributed by atoms with Crippen LogP contribution >= 0.6 is 0 Å². The van der Waals surface area contributed by atoms with Crippen molar-refractivity contribution >= 4 is 0 Å². The van der Waals surface area contributed by atoms with E-state index in [0.29, 0.717) is 24.2 Å². The van der Waals surface area contributed by atoms with E-state index in [-0.39, 0.29) is 12.0 Å². The van der Waals surface area contributed by atoms with E-state index < -0.39 is 0 Å². The van der Waals surface area contributed by atoms with Gasteiger partial charge in [-0.15, -0.1) is 10.2 Å². The summed E-state index contributed by atoms with van der Waals surface area (Å²) < 4.78 is 16.4. The maximum Gasteiger partial charge on any atom is 0.247 e. The van der Waals surface area contributed by atoms with Gasteiger partial charge in [-0.05, 0) is 43.7 Å². The summed E-state index contributed by atoms with van der Waals surface area (Å²) in [6.45, 7) is 5.60. The molecule has 8 heteroatoms. The topological polar surface area (TPSA) is 90.3 Å². The molecule has 1 fully saturated rings. The van der Waals surface area contributed by atoms with Crippen LogP contribution in [0.25, 0.3) is 11.5 Å². The molecule has 3 aromatic rings. The highest BCUT2D eigenvalue weighted by atomic mass is 16.5. The number of likely N-dealkylation sites (tertiary alicyclic amines) is 1. The van der Waals surface area contributed by atoms with Crippen molar-refractivity contribution in [3.05, 3.63) is 41.9 Å². The molecule has 1 aliphatic rings. The van der Waals surface area contributed by atoms with E-state index in [1.54, 1.807) is 7.11 Å². The molecule has 1 aromatic carbocycles. The zero-order valence-electron chi connectivity index (χ0n) is 15.8. The fourth-order valence-corrected chi connectivity index (χ4v) is 3.27. The van der Waals surface area contributed by atoms with Gasteiger partial charge in [0.1, 0.15) is 5.75 Å². The molecule has 2 aromatic heterocycles. The smallest absolute Gasteiger partial charge is 0.247 e. The molecular formula is C19H23N5O3. The molecule has 27 heavy (non-hydrogen) atoms. The Morgan fingerprint density at radius 2 is 2.04 bits per heavy atom. The zero-order valence-corrected chi connectivity index (χ0v) is 15.8. The van der Waals surface area contributed by atoms with Gasteiger partial charge < -0.3 is 13.7 Å². The minimum Gasteiger partial charge on any atom is -0.497 e. The van der Waals surface area contributed by atoms with E-state index in [2.05, 4.69) is 25.2 Å². The third kappa shape index (κ3) is 3.71. The number of aromatic nitrogens is 4. The van der Waals surface area contributed by atoms with Gasteiger partial charge in [-0.1, -0.05) is 19.0 Å². The molecular weight excluding hydrogens is 346 g/mol. The van der Waals surface area contributed by atoms with Crippen LogP contribution in [-0.4, -0.2) is 38.9 Å². The molecule has 1 aliphatic heterocycles. The molecule has 0 amide bonds. The van der Waals surface area contributed by atoms with Crippen molar-refractivity contribution in [3.63, 3.8) is 0 Å². The number of nitrogens with zero attached hydrogens (tertiary/aromatic N) is 5. The Labute approximate surface area is 157 Å². The highest BCUT2D eigenvalue weighted by molar-refractivity contribution is 5.53. The molecule has 0 radical (unpaired) electrons. The summed E-state index contributed by atoms with van der Waals surface area (Å²) in [4.78, 5) is 6.82. The van der Waals surface area contributed by atoms with Crippen molar-refractivity contribution in [2.24, 2.45) is 0 Å². The van der Waals surface area contributed by atoms with Crippen LogP contribution in [0, 0.1) is 0 Å². The monoisotopic (exact) mass is 369 g/mol. The Morgan fingerprint density at radius 3 is 2.74 bits per heavy atom. The SMILES string of the molecule is COc1ccc(-c2nnc(CN3CCCC3c3noc(C(C)C)n3)o2)cc1. The van der Waals surface area contributed by atoms with Gasteiger partial charge in [-0.3, -0.25) is 4.90 Å². The fraction of sp³-hybridized carbons (Fsp3) is 0.474. The number of hydrogen-bond acceptors (Lipinski definition) is 8. The van der Waals surface area contributed by atoms with Crippen LogP contribution in [0.2, 0.25) is 0 Å². The average Bonchev–Trinajstić information content (AvgIpc) is 3.42. The summed E-state index contributed by atoms with van der Waals surface area (Å²) in [6, 6.07) is 7.68. The van der Waals surface area contributed by atoms with Crippen molar-refractivity contribution in [3.8, 4) is 17.2 Å². The minimum absolute atomic E-state index is 0.123. The normalized spacial score (nSPS) is 17.7. The van der Waals surface area contributed by atoms with Crippen LogP contribution in [-0.2, 0) is 6.54 Å². The molecule has 1 atom stereocenters. The number of benzene rings is 1. The van der Waals surface area contributed by atoms with E-state index in [4.69, 9.17) is 13.7 Å². The molecule has 1 saturated heterocycles. The van der Waals surface area contributed by atoms with E-state index >= 15 is 0 Å². The van der Waals surface area contributed by atoms with Crippen molar-refractivity contribution < 1.29 is 13.7 Å². The van der Waals surface area contributed by atoms with E-state index in [1.165, 1.54) is 0 Å². The van der Waals surface area contributed by atoms with Gasteiger partial charge in [0.25, 0.3) is 0 Å². The van der Waals surface area contributed by atoms with Gasteiger partial charge in [-0.2, -0.15) is 4.98 Å². The van der Waals surface area contributed by atoms with Crippen LogP contribution in [0.15, 0.2) is 33.2 Å². The first kappa shape index (κ1) is 17.7. The summed E-state index contributed by atoms with van der Waals surface area (Å²) >= 11 is 0. The van der Waals surface area contributed by atoms with Crippen LogP contribution < -0.4 is 4.74 Å². The van der Waals surface area contributed by atoms with Crippen molar-refractivity contribution in [2.45, 2.75) is 45.2 Å². The van der Waals surface area contributed by atoms with Gasteiger partial charge in [0.05, 0.1) is 19.7 Å². The average molecular weight is 369 g/mol. The highest BCUT2D eigenvalue weighted by Gasteiger charge is 2.31. The van der Waals surface area contributed by atoms with E-state index in [0.717, 1.165) is 36.5 Å². The van der Waals surface area contributed by atoms with Crippen molar-refractivity contribution in [1.82, 2.24) is 25.2 Å². The molecule has 0 N–H and O–H groups in total. The molecule has 0 bridgehead atoms. The molecule has 142 valence electrons. The van der Waals surface area contributed by atoms with Crippen LogP contribution in [0.5, 0.6) is 5.75 Å². The Balaban J connectivity index is 1.47. The van der Waals surface area contributed by atoms with E-state index in [9.17, 15) is 0 Å². The first-order valence-electron chi connectivity index (χ1n) is 9.18. The summed E-state index contributed by atoms with van der Waals surface area (Å²) in [6.07, 6.45) is 2.08. The number of hydrogen-bond donors (Lipinski definition) is 0. The summed E-state index contributed by atoms with van der Waals surface area (Å²) in [5.74, 6) is 3.52. The number of methoxy groups -OCH3 is 1. The maximum absolute atomic E-state index is 5.86. The molecule has 1 unspecified atom stereocenters. The summed E-state index contributed by atoms with van der Waals surface area (Å²) in [7, 11) is 1.64. The Hall–Kier alpha value is -2.74. The lowest BCUT2D eigenvalue weighted by molar-refractivity contribution is 0.213. The summed E-state index contributed by atoms with van der Waals surface area (Å²) in [5, 5.41) is 12.6. The quantitative estimate of drug-likeness (QED) is 0.651. The lowest BCUT2D eigenvalue weighted by Crippen LogP contribution is -2.23. The second-order valence-electron chi connectivity index (χ2n) is 7.00. The van der Waals surface area contributed by atoms with Crippen molar-refractivity contribution in [1.29, 1.82) is 0 Å². The van der Waals surface area contributed by atoms with Crippen LogP contribution in [0.1, 0.15) is 56.3 Å². The molecule has 4 rings (SSSR count). The van der Waals surface area contributed by atoms with Gasteiger partial charge >= 0.3 is 0 Å².